The third-order valence-corrected chi connectivity index (χ3v) is 4.02. The normalized spacial score (nSPS) is 10.9. The van der Waals surface area contributed by atoms with E-state index < -0.39 is 0 Å². The number of benzene rings is 2. The van der Waals surface area contributed by atoms with Crippen molar-refractivity contribution < 1.29 is 4.74 Å². The summed E-state index contributed by atoms with van der Waals surface area (Å²) in [5.41, 5.74) is 8.98. The molecule has 0 fully saturated rings. The van der Waals surface area contributed by atoms with Gasteiger partial charge in [0.1, 0.15) is 5.75 Å². The molecule has 0 saturated carbocycles. The van der Waals surface area contributed by atoms with E-state index in [1.807, 2.05) is 30.3 Å². The summed E-state index contributed by atoms with van der Waals surface area (Å²) in [5.74, 6) is 0.715. The number of nitrogens with zero attached hydrogens (tertiary/aromatic N) is 1. The van der Waals surface area contributed by atoms with Crippen molar-refractivity contribution in [1.29, 1.82) is 0 Å². The van der Waals surface area contributed by atoms with Gasteiger partial charge in [0, 0.05) is 28.1 Å². The number of para-hydroxylation sites is 1. The standard InChI is InChI=1S/C16H15BrN2O/c1-20-16-7-6-11(8-14(16)18)9-19-10-13(17)12-4-2-3-5-15(12)19/h2-8,10H,9,18H2,1H3. The van der Waals surface area contributed by atoms with Gasteiger partial charge in [-0.05, 0) is 39.7 Å². The topological polar surface area (TPSA) is 40.2 Å². The molecule has 20 heavy (non-hydrogen) atoms. The second-order valence-corrected chi connectivity index (χ2v) is 5.55. The Hall–Kier alpha value is -1.94. The molecule has 0 aliphatic carbocycles. The molecule has 3 rings (SSSR count). The molecule has 2 aromatic carbocycles. The van der Waals surface area contributed by atoms with Gasteiger partial charge in [0.15, 0.2) is 0 Å². The van der Waals surface area contributed by atoms with Crippen molar-refractivity contribution in [3.63, 3.8) is 0 Å². The highest BCUT2D eigenvalue weighted by Gasteiger charge is 2.07. The van der Waals surface area contributed by atoms with E-state index in [2.05, 4.69) is 38.8 Å². The first-order chi connectivity index (χ1) is 9.69. The minimum Gasteiger partial charge on any atom is -0.495 e. The van der Waals surface area contributed by atoms with E-state index in [1.165, 1.54) is 10.9 Å². The number of hydrogen-bond acceptors (Lipinski definition) is 2. The smallest absolute Gasteiger partial charge is 0.141 e. The first-order valence-electron chi connectivity index (χ1n) is 6.35. The first-order valence-corrected chi connectivity index (χ1v) is 7.14. The van der Waals surface area contributed by atoms with E-state index in [4.69, 9.17) is 10.5 Å². The number of halogens is 1. The van der Waals surface area contributed by atoms with E-state index in [9.17, 15) is 0 Å². The fourth-order valence-corrected chi connectivity index (χ4v) is 2.99. The summed E-state index contributed by atoms with van der Waals surface area (Å²) in [6.45, 7) is 0.778. The number of methoxy groups -OCH3 is 1. The molecule has 0 amide bonds. The summed E-state index contributed by atoms with van der Waals surface area (Å²) in [6.07, 6.45) is 2.10. The Morgan fingerprint density at radius 2 is 2.00 bits per heavy atom. The van der Waals surface area contributed by atoms with E-state index >= 15 is 0 Å². The molecule has 102 valence electrons. The maximum Gasteiger partial charge on any atom is 0.141 e. The zero-order chi connectivity index (χ0) is 14.1. The van der Waals surface area contributed by atoms with Crippen LogP contribution in [0.1, 0.15) is 5.56 Å². The zero-order valence-corrected chi connectivity index (χ0v) is 12.7. The van der Waals surface area contributed by atoms with Crippen LogP contribution < -0.4 is 10.5 Å². The van der Waals surface area contributed by atoms with E-state index in [0.717, 1.165) is 16.6 Å². The van der Waals surface area contributed by atoms with Crippen LogP contribution in [0.2, 0.25) is 0 Å². The predicted molar refractivity (Wildman–Crippen MR) is 86.1 cm³/mol. The van der Waals surface area contributed by atoms with Gasteiger partial charge in [-0.25, -0.2) is 0 Å². The molecule has 2 N–H and O–H groups in total. The molecular weight excluding hydrogens is 316 g/mol. The van der Waals surface area contributed by atoms with Crippen LogP contribution in [-0.4, -0.2) is 11.7 Å². The van der Waals surface area contributed by atoms with Crippen LogP contribution in [0.4, 0.5) is 5.69 Å². The minimum atomic E-state index is 0.667. The molecule has 3 aromatic rings. The molecule has 0 aliphatic rings. The lowest BCUT2D eigenvalue weighted by atomic mass is 10.2. The Balaban J connectivity index is 1.99. The van der Waals surface area contributed by atoms with Crippen molar-refractivity contribution in [2.24, 2.45) is 0 Å². The Morgan fingerprint density at radius 3 is 2.75 bits per heavy atom. The van der Waals surface area contributed by atoms with Gasteiger partial charge in [-0.1, -0.05) is 24.3 Å². The molecule has 1 aromatic heterocycles. The molecule has 0 saturated heterocycles. The van der Waals surface area contributed by atoms with Crippen molar-refractivity contribution >= 4 is 32.5 Å². The van der Waals surface area contributed by atoms with Gasteiger partial charge < -0.3 is 15.0 Å². The zero-order valence-electron chi connectivity index (χ0n) is 11.1. The molecule has 3 nitrogen and oxygen atoms in total. The summed E-state index contributed by atoms with van der Waals surface area (Å²) in [7, 11) is 1.63. The number of hydrogen-bond donors (Lipinski definition) is 1. The largest absolute Gasteiger partial charge is 0.495 e. The Morgan fingerprint density at radius 1 is 1.20 bits per heavy atom. The van der Waals surface area contributed by atoms with Gasteiger partial charge in [0.2, 0.25) is 0 Å². The highest BCUT2D eigenvalue weighted by molar-refractivity contribution is 9.10. The molecule has 4 heteroatoms. The Bertz CT molecular complexity index is 764. The maximum absolute atomic E-state index is 5.96. The van der Waals surface area contributed by atoms with Crippen LogP contribution in [0.5, 0.6) is 5.75 Å². The molecule has 0 spiro atoms. The average molecular weight is 331 g/mol. The minimum absolute atomic E-state index is 0.667. The van der Waals surface area contributed by atoms with Gasteiger partial charge in [-0.2, -0.15) is 0 Å². The first kappa shape index (κ1) is 13.1. The third-order valence-electron chi connectivity index (χ3n) is 3.39. The molecule has 0 bridgehead atoms. The molecule has 0 unspecified atom stereocenters. The van der Waals surface area contributed by atoms with Crippen molar-refractivity contribution in [3.8, 4) is 5.75 Å². The third kappa shape index (κ3) is 2.27. The monoisotopic (exact) mass is 330 g/mol. The van der Waals surface area contributed by atoms with Crippen molar-refractivity contribution in [2.45, 2.75) is 6.54 Å². The van der Waals surface area contributed by atoms with Crippen molar-refractivity contribution in [3.05, 3.63) is 58.7 Å². The van der Waals surface area contributed by atoms with Crippen LogP contribution in [0, 0.1) is 0 Å². The van der Waals surface area contributed by atoms with Gasteiger partial charge in [0.25, 0.3) is 0 Å². The van der Waals surface area contributed by atoms with Crippen LogP contribution in [0.3, 0.4) is 0 Å². The number of rotatable bonds is 3. The quantitative estimate of drug-likeness (QED) is 0.736. The van der Waals surface area contributed by atoms with Gasteiger partial charge >= 0.3 is 0 Å². The number of nitrogen functional groups attached to an aromatic ring is 1. The number of aromatic nitrogens is 1. The van der Waals surface area contributed by atoms with Crippen LogP contribution in [-0.2, 0) is 6.54 Å². The fourth-order valence-electron chi connectivity index (χ4n) is 2.41. The lowest BCUT2D eigenvalue weighted by molar-refractivity contribution is 0.417. The Labute approximate surface area is 126 Å². The second kappa shape index (κ2) is 5.21. The van der Waals surface area contributed by atoms with Gasteiger partial charge in [-0.15, -0.1) is 0 Å². The summed E-state index contributed by atoms with van der Waals surface area (Å²) in [4.78, 5) is 0. The summed E-state index contributed by atoms with van der Waals surface area (Å²) < 4.78 is 8.50. The Kier molecular flexibility index (Phi) is 3.40. The molecule has 0 aliphatic heterocycles. The summed E-state index contributed by atoms with van der Waals surface area (Å²) >= 11 is 3.60. The lowest BCUT2D eigenvalue weighted by Gasteiger charge is -2.09. The van der Waals surface area contributed by atoms with Crippen LogP contribution >= 0.6 is 15.9 Å². The number of anilines is 1. The van der Waals surface area contributed by atoms with E-state index in [-0.39, 0.29) is 0 Å². The second-order valence-electron chi connectivity index (χ2n) is 4.70. The predicted octanol–water partition coefficient (Wildman–Crippen LogP) is 4.04. The molecule has 0 atom stereocenters. The number of fused-ring (bicyclic) bond motifs is 1. The SMILES string of the molecule is COc1ccc(Cn2cc(Br)c3ccccc32)cc1N. The highest BCUT2D eigenvalue weighted by Crippen LogP contribution is 2.28. The van der Waals surface area contributed by atoms with E-state index in [1.54, 1.807) is 7.11 Å². The number of ether oxygens (including phenoxy) is 1. The molecular formula is C16H15BrN2O. The van der Waals surface area contributed by atoms with Crippen molar-refractivity contribution in [2.75, 3.05) is 12.8 Å². The van der Waals surface area contributed by atoms with Crippen molar-refractivity contribution in [1.82, 2.24) is 4.57 Å². The molecule has 0 radical (unpaired) electrons. The highest BCUT2D eigenvalue weighted by atomic mass is 79.9. The molecule has 1 heterocycles. The summed E-state index contributed by atoms with van der Waals surface area (Å²) in [5, 5.41) is 1.22. The lowest BCUT2D eigenvalue weighted by Crippen LogP contribution is -2.00. The van der Waals surface area contributed by atoms with E-state index in [0.29, 0.717) is 11.4 Å². The van der Waals surface area contributed by atoms with Crippen LogP contribution in [0.15, 0.2) is 53.1 Å². The fraction of sp³-hybridized carbons (Fsp3) is 0.125. The summed E-state index contributed by atoms with van der Waals surface area (Å²) in [6, 6.07) is 14.2. The maximum atomic E-state index is 5.96. The van der Waals surface area contributed by atoms with Crippen LogP contribution in [0.25, 0.3) is 10.9 Å². The number of nitrogens with two attached hydrogens (primary N) is 1. The van der Waals surface area contributed by atoms with Gasteiger partial charge in [-0.3, -0.25) is 0 Å². The average Bonchev–Trinajstić information content (AvgIpc) is 2.76. The van der Waals surface area contributed by atoms with Gasteiger partial charge in [0.05, 0.1) is 12.8 Å².